The second kappa shape index (κ2) is 8.51. The van der Waals surface area contributed by atoms with Crippen LogP contribution in [-0.4, -0.2) is 0 Å². The minimum atomic E-state index is -0.826. The average Bonchev–Trinajstić information content (AvgIpc) is 3.19. The van der Waals surface area contributed by atoms with Crippen LogP contribution in [0.15, 0.2) is 36.4 Å². The molecule has 0 radical (unpaired) electrons. The van der Waals surface area contributed by atoms with E-state index >= 15 is 0 Å². The minimum absolute atomic E-state index is 0.505. The number of rotatable bonds is 2. The molecular formula is C23H23Cl2Zr-. The number of allylic oxidation sites excluding steroid dienone is 2. The first-order valence-corrected chi connectivity index (χ1v) is 15.2. The average molecular weight is 462 g/mol. The number of aryl methyl sites for hydroxylation is 2. The molecule has 2 aromatic rings. The first kappa shape index (κ1) is 20.0. The van der Waals surface area contributed by atoms with E-state index in [4.69, 9.17) is 17.0 Å². The molecule has 0 saturated carbocycles. The van der Waals surface area contributed by atoms with Gasteiger partial charge in [-0.2, -0.15) is 0 Å². The maximum absolute atomic E-state index is 4.93. The second-order valence-corrected chi connectivity index (χ2v) is 10.8. The zero-order chi connectivity index (χ0) is 18.8. The third-order valence-corrected chi connectivity index (χ3v) is 5.40. The van der Waals surface area contributed by atoms with Gasteiger partial charge in [0.05, 0.1) is 0 Å². The van der Waals surface area contributed by atoms with E-state index in [1.165, 1.54) is 44.5 Å². The Labute approximate surface area is 176 Å². The molecule has 2 aliphatic carbocycles. The molecule has 2 atom stereocenters. The van der Waals surface area contributed by atoms with Crippen LogP contribution < -0.4 is 0 Å². The third kappa shape index (κ3) is 3.77. The van der Waals surface area contributed by atoms with E-state index in [1.54, 1.807) is 0 Å². The Morgan fingerprint density at radius 3 is 1.54 bits per heavy atom. The van der Waals surface area contributed by atoms with Gasteiger partial charge in [-0.3, -0.25) is 0 Å². The molecule has 0 fully saturated rings. The third-order valence-electron chi connectivity index (χ3n) is 5.40. The van der Waals surface area contributed by atoms with Gasteiger partial charge in [-0.1, -0.05) is 83.7 Å². The van der Waals surface area contributed by atoms with Crippen LogP contribution in [-0.2, 0) is 20.8 Å². The SMILES string of the molecule is Cc1ccc([CH-]c2ccc(C)c3c2C(C)C=C3)c2c1C=CC2C.[Cl][Zr][Cl]. The number of benzene rings is 2. The van der Waals surface area contributed by atoms with Gasteiger partial charge in [-0.25, -0.2) is 0 Å². The molecule has 0 nitrogen and oxygen atoms in total. The van der Waals surface area contributed by atoms with Gasteiger partial charge in [0.15, 0.2) is 0 Å². The molecule has 0 bridgehead atoms. The molecule has 0 heterocycles. The zero-order valence-electron chi connectivity index (χ0n) is 15.6. The van der Waals surface area contributed by atoms with Crippen molar-refractivity contribution >= 4 is 29.2 Å². The molecule has 0 saturated heterocycles. The summed E-state index contributed by atoms with van der Waals surface area (Å²) in [5.41, 5.74) is 11.3. The van der Waals surface area contributed by atoms with Gasteiger partial charge in [0.2, 0.25) is 0 Å². The predicted molar refractivity (Wildman–Crippen MR) is 111 cm³/mol. The van der Waals surface area contributed by atoms with E-state index in [1.807, 2.05) is 0 Å². The summed E-state index contributed by atoms with van der Waals surface area (Å²) in [7, 11) is 9.87. The first-order chi connectivity index (χ1) is 12.5. The normalized spacial score (nSPS) is 18.8. The van der Waals surface area contributed by atoms with E-state index in [9.17, 15) is 0 Å². The van der Waals surface area contributed by atoms with Crippen molar-refractivity contribution in [2.45, 2.75) is 39.5 Å². The van der Waals surface area contributed by atoms with Crippen molar-refractivity contribution in [2.24, 2.45) is 0 Å². The maximum atomic E-state index is 4.93. The Bertz CT molecular complexity index is 809. The van der Waals surface area contributed by atoms with Crippen LogP contribution in [0.1, 0.15) is 70.2 Å². The van der Waals surface area contributed by atoms with E-state index < -0.39 is 20.8 Å². The van der Waals surface area contributed by atoms with Gasteiger partial charge in [0.25, 0.3) is 0 Å². The fourth-order valence-corrected chi connectivity index (χ4v) is 4.08. The molecule has 134 valence electrons. The fourth-order valence-electron chi connectivity index (χ4n) is 4.08. The monoisotopic (exact) mass is 459 g/mol. The Kier molecular flexibility index (Phi) is 6.55. The van der Waals surface area contributed by atoms with Crippen LogP contribution in [0.25, 0.3) is 12.2 Å². The van der Waals surface area contributed by atoms with Crippen molar-refractivity contribution in [1.82, 2.24) is 0 Å². The summed E-state index contributed by atoms with van der Waals surface area (Å²) >= 11 is -0.826. The molecule has 2 aromatic carbocycles. The summed E-state index contributed by atoms with van der Waals surface area (Å²) in [6.07, 6.45) is 11.6. The molecule has 0 spiro atoms. The summed E-state index contributed by atoms with van der Waals surface area (Å²) in [6, 6.07) is 9.08. The molecule has 2 aliphatic rings. The van der Waals surface area contributed by atoms with Gasteiger partial charge >= 0.3 is 37.9 Å². The molecule has 0 amide bonds. The standard InChI is InChI=1S/C23H23.2ClH.Zr/c1-14-5-9-18(22-16(3)7-11-20(14)22)13-19-10-6-15(2)21-12-8-17(4)23(19)21;;;/h5-13,16-17H,1-4H3;2*1H;/q-1;;;+2/p-2. The van der Waals surface area contributed by atoms with Crippen LogP contribution in [0.3, 0.4) is 0 Å². The number of hydrogen-bond donors (Lipinski definition) is 0. The van der Waals surface area contributed by atoms with Crippen molar-refractivity contribution in [1.29, 1.82) is 0 Å². The summed E-state index contributed by atoms with van der Waals surface area (Å²) in [5, 5.41) is 0. The fraction of sp³-hybridized carbons (Fsp3) is 0.261. The topological polar surface area (TPSA) is 0 Å². The van der Waals surface area contributed by atoms with Crippen LogP contribution in [0.5, 0.6) is 0 Å². The summed E-state index contributed by atoms with van der Waals surface area (Å²) in [6.45, 7) is 9.01. The second-order valence-electron chi connectivity index (χ2n) is 7.11. The van der Waals surface area contributed by atoms with Crippen molar-refractivity contribution in [3.63, 3.8) is 0 Å². The van der Waals surface area contributed by atoms with E-state index in [-0.39, 0.29) is 0 Å². The summed E-state index contributed by atoms with van der Waals surface area (Å²) < 4.78 is 0. The predicted octanol–water partition coefficient (Wildman–Crippen LogP) is 7.54. The molecule has 4 rings (SSSR count). The van der Waals surface area contributed by atoms with Crippen LogP contribution >= 0.6 is 17.0 Å². The van der Waals surface area contributed by atoms with Crippen LogP contribution in [0.2, 0.25) is 0 Å². The van der Waals surface area contributed by atoms with Crippen molar-refractivity contribution in [3.8, 4) is 0 Å². The molecule has 0 aliphatic heterocycles. The number of halogens is 2. The summed E-state index contributed by atoms with van der Waals surface area (Å²) in [4.78, 5) is 0. The van der Waals surface area contributed by atoms with Crippen LogP contribution in [0.4, 0.5) is 0 Å². The van der Waals surface area contributed by atoms with Gasteiger partial charge in [-0.05, 0) is 25.7 Å². The molecule has 0 aromatic heterocycles. The Morgan fingerprint density at radius 1 is 0.769 bits per heavy atom. The molecule has 26 heavy (non-hydrogen) atoms. The van der Waals surface area contributed by atoms with Gasteiger partial charge in [0, 0.05) is 0 Å². The quantitative estimate of drug-likeness (QED) is 0.405. The van der Waals surface area contributed by atoms with Gasteiger partial charge < -0.3 is 0 Å². The van der Waals surface area contributed by atoms with Gasteiger partial charge in [0.1, 0.15) is 0 Å². The molecule has 0 N–H and O–H groups in total. The van der Waals surface area contributed by atoms with Gasteiger partial charge in [-0.15, -0.1) is 29.7 Å². The molecule has 3 heteroatoms. The molecule has 2 unspecified atom stereocenters. The summed E-state index contributed by atoms with van der Waals surface area (Å²) in [5.74, 6) is 1.01. The first-order valence-electron chi connectivity index (χ1n) is 8.92. The van der Waals surface area contributed by atoms with Crippen molar-refractivity contribution in [2.75, 3.05) is 0 Å². The van der Waals surface area contributed by atoms with E-state index in [2.05, 4.69) is 82.7 Å². The van der Waals surface area contributed by atoms with E-state index in [0.717, 1.165) is 0 Å². The Balaban J connectivity index is 0.000000613. The van der Waals surface area contributed by atoms with Crippen molar-refractivity contribution < 1.29 is 20.8 Å². The number of fused-ring (bicyclic) bond motifs is 2. The Hall–Kier alpha value is -0.747. The van der Waals surface area contributed by atoms with Crippen molar-refractivity contribution in [3.05, 3.63) is 87.3 Å². The zero-order valence-corrected chi connectivity index (χ0v) is 19.6. The van der Waals surface area contributed by atoms with Crippen LogP contribution in [0, 0.1) is 20.3 Å². The molecular weight excluding hydrogens is 438 g/mol. The Morgan fingerprint density at radius 2 is 1.15 bits per heavy atom. The number of hydrogen-bond acceptors (Lipinski definition) is 0. The van der Waals surface area contributed by atoms with E-state index in [0.29, 0.717) is 11.8 Å².